The Labute approximate surface area is 102 Å². The summed E-state index contributed by atoms with van der Waals surface area (Å²) in [5.74, 6) is 0. The van der Waals surface area contributed by atoms with Gasteiger partial charge in [0.1, 0.15) is 0 Å². The number of aliphatic hydroxyl groups is 1. The van der Waals surface area contributed by atoms with Crippen molar-refractivity contribution in [2.24, 2.45) is 0 Å². The summed E-state index contributed by atoms with van der Waals surface area (Å²) >= 11 is 3.45. The van der Waals surface area contributed by atoms with Gasteiger partial charge in [-0.1, -0.05) is 15.9 Å². The summed E-state index contributed by atoms with van der Waals surface area (Å²) in [5, 5.41) is 15.1. The van der Waals surface area contributed by atoms with Crippen molar-refractivity contribution >= 4 is 26.8 Å². The van der Waals surface area contributed by atoms with Crippen LogP contribution in [0.25, 0.3) is 10.9 Å². The van der Waals surface area contributed by atoms with Crippen molar-refractivity contribution < 1.29 is 5.11 Å². The van der Waals surface area contributed by atoms with E-state index in [0.29, 0.717) is 6.04 Å². The first-order chi connectivity index (χ1) is 7.79. The lowest BCUT2D eigenvalue weighted by Gasteiger charge is -2.27. The summed E-state index contributed by atoms with van der Waals surface area (Å²) in [4.78, 5) is 0. The molecule has 3 nitrogen and oxygen atoms in total. The summed E-state index contributed by atoms with van der Waals surface area (Å²) in [6.45, 7) is 0.0590. The van der Waals surface area contributed by atoms with Gasteiger partial charge in [0, 0.05) is 9.86 Å². The fourth-order valence-electron chi connectivity index (χ4n) is 2.22. The molecule has 0 amide bonds. The summed E-state index contributed by atoms with van der Waals surface area (Å²) < 4.78 is 3.04. The van der Waals surface area contributed by atoms with E-state index in [-0.39, 0.29) is 6.61 Å². The van der Waals surface area contributed by atoms with Gasteiger partial charge in [-0.05, 0) is 37.5 Å². The van der Waals surface area contributed by atoms with E-state index in [1.807, 2.05) is 22.9 Å². The summed E-state index contributed by atoms with van der Waals surface area (Å²) in [6.07, 6.45) is 3.64. The SMILES string of the molecule is OCc1c2cc(Br)ccc2nn1C1CCC1. The molecule has 0 spiro atoms. The van der Waals surface area contributed by atoms with E-state index in [4.69, 9.17) is 0 Å². The van der Waals surface area contributed by atoms with Gasteiger partial charge >= 0.3 is 0 Å². The first-order valence-corrected chi connectivity index (χ1v) is 6.36. The van der Waals surface area contributed by atoms with Crippen molar-refractivity contribution in [2.45, 2.75) is 31.9 Å². The first-order valence-electron chi connectivity index (χ1n) is 5.57. The average molecular weight is 281 g/mol. The Morgan fingerprint density at radius 1 is 1.44 bits per heavy atom. The molecule has 16 heavy (non-hydrogen) atoms. The fourth-order valence-corrected chi connectivity index (χ4v) is 2.58. The number of hydrogen-bond donors (Lipinski definition) is 1. The topological polar surface area (TPSA) is 38.1 Å². The number of benzene rings is 1. The van der Waals surface area contributed by atoms with E-state index in [9.17, 15) is 5.11 Å². The van der Waals surface area contributed by atoms with Gasteiger partial charge < -0.3 is 5.11 Å². The minimum absolute atomic E-state index is 0.0590. The van der Waals surface area contributed by atoms with Gasteiger partial charge in [-0.15, -0.1) is 0 Å². The van der Waals surface area contributed by atoms with Crippen LogP contribution in [0.15, 0.2) is 22.7 Å². The third-order valence-electron chi connectivity index (χ3n) is 3.33. The molecule has 4 heteroatoms. The van der Waals surface area contributed by atoms with E-state index >= 15 is 0 Å². The van der Waals surface area contributed by atoms with Crippen LogP contribution in [0.3, 0.4) is 0 Å². The summed E-state index contributed by atoms with van der Waals surface area (Å²) in [5.41, 5.74) is 1.92. The highest BCUT2D eigenvalue weighted by molar-refractivity contribution is 9.10. The smallest absolute Gasteiger partial charge is 0.0928 e. The second kappa shape index (κ2) is 3.86. The molecule has 1 heterocycles. The Bertz CT molecular complexity index is 531. The fraction of sp³-hybridized carbons (Fsp3) is 0.417. The zero-order chi connectivity index (χ0) is 11.1. The van der Waals surface area contributed by atoms with Gasteiger partial charge in [0.15, 0.2) is 0 Å². The Balaban J connectivity index is 2.20. The third-order valence-corrected chi connectivity index (χ3v) is 3.83. The number of fused-ring (bicyclic) bond motifs is 1. The minimum atomic E-state index is 0.0590. The van der Waals surface area contributed by atoms with Gasteiger partial charge in [0.05, 0.1) is 23.9 Å². The highest BCUT2D eigenvalue weighted by Crippen LogP contribution is 2.34. The Morgan fingerprint density at radius 3 is 2.88 bits per heavy atom. The van der Waals surface area contributed by atoms with E-state index in [0.717, 1.165) is 21.1 Å². The van der Waals surface area contributed by atoms with Gasteiger partial charge in [-0.25, -0.2) is 0 Å². The van der Waals surface area contributed by atoms with Crippen LogP contribution in [0.2, 0.25) is 0 Å². The predicted molar refractivity (Wildman–Crippen MR) is 66.2 cm³/mol. The molecule has 1 aromatic heterocycles. The van der Waals surface area contributed by atoms with Crippen LogP contribution in [-0.4, -0.2) is 14.9 Å². The Kier molecular flexibility index (Phi) is 2.48. The van der Waals surface area contributed by atoms with Crippen LogP contribution in [0.1, 0.15) is 31.0 Å². The molecule has 1 aliphatic carbocycles. The van der Waals surface area contributed by atoms with Crippen LogP contribution in [0, 0.1) is 0 Å². The zero-order valence-electron chi connectivity index (χ0n) is 8.86. The summed E-state index contributed by atoms with van der Waals surface area (Å²) in [7, 11) is 0. The minimum Gasteiger partial charge on any atom is -0.390 e. The van der Waals surface area contributed by atoms with Crippen LogP contribution in [0.5, 0.6) is 0 Å². The Hall–Kier alpha value is -0.870. The lowest BCUT2D eigenvalue weighted by molar-refractivity contribution is 0.235. The molecule has 1 N–H and O–H groups in total. The lowest BCUT2D eigenvalue weighted by atomic mass is 9.93. The predicted octanol–water partition coefficient (Wildman–Crippen LogP) is 3.02. The van der Waals surface area contributed by atoms with Crippen LogP contribution >= 0.6 is 15.9 Å². The molecule has 1 fully saturated rings. The van der Waals surface area contributed by atoms with Gasteiger partial charge in [0.2, 0.25) is 0 Å². The second-order valence-corrected chi connectivity index (χ2v) is 5.21. The average Bonchev–Trinajstić information content (AvgIpc) is 2.52. The molecule has 0 radical (unpaired) electrons. The van der Waals surface area contributed by atoms with Crippen LogP contribution in [-0.2, 0) is 6.61 Å². The molecule has 0 aliphatic heterocycles. The molecule has 2 aromatic rings. The van der Waals surface area contributed by atoms with E-state index < -0.39 is 0 Å². The van der Waals surface area contributed by atoms with Gasteiger partial charge in [-0.3, -0.25) is 4.68 Å². The zero-order valence-corrected chi connectivity index (χ0v) is 10.4. The molecule has 1 aliphatic rings. The highest BCUT2D eigenvalue weighted by atomic mass is 79.9. The lowest BCUT2D eigenvalue weighted by Crippen LogP contribution is -2.20. The van der Waals surface area contributed by atoms with Crippen molar-refractivity contribution in [3.63, 3.8) is 0 Å². The monoisotopic (exact) mass is 280 g/mol. The van der Waals surface area contributed by atoms with Crippen molar-refractivity contribution in [1.82, 2.24) is 9.78 Å². The number of aromatic nitrogens is 2. The number of nitrogens with zero attached hydrogens (tertiary/aromatic N) is 2. The largest absolute Gasteiger partial charge is 0.390 e. The number of hydrogen-bond acceptors (Lipinski definition) is 2. The molecular weight excluding hydrogens is 268 g/mol. The molecule has 1 aromatic carbocycles. The molecule has 84 valence electrons. The third kappa shape index (κ3) is 1.48. The maximum Gasteiger partial charge on any atom is 0.0928 e. The first kappa shape index (κ1) is 10.3. The number of rotatable bonds is 2. The molecule has 0 saturated heterocycles. The highest BCUT2D eigenvalue weighted by Gasteiger charge is 2.23. The van der Waals surface area contributed by atoms with E-state index in [1.165, 1.54) is 19.3 Å². The van der Waals surface area contributed by atoms with Crippen LogP contribution in [0.4, 0.5) is 0 Å². The summed E-state index contributed by atoms with van der Waals surface area (Å²) in [6, 6.07) is 6.51. The molecular formula is C12H13BrN2O. The number of halogens is 1. The maximum absolute atomic E-state index is 9.49. The van der Waals surface area contributed by atoms with Gasteiger partial charge in [-0.2, -0.15) is 5.10 Å². The molecule has 1 saturated carbocycles. The standard InChI is InChI=1S/C12H13BrN2O/c13-8-4-5-11-10(6-8)12(7-16)15(14-11)9-2-1-3-9/h4-6,9,16H,1-3,7H2. The van der Waals surface area contributed by atoms with Crippen molar-refractivity contribution in [1.29, 1.82) is 0 Å². The van der Waals surface area contributed by atoms with Crippen molar-refractivity contribution in [3.8, 4) is 0 Å². The van der Waals surface area contributed by atoms with E-state index in [2.05, 4.69) is 21.0 Å². The second-order valence-electron chi connectivity index (χ2n) is 4.30. The van der Waals surface area contributed by atoms with E-state index in [1.54, 1.807) is 0 Å². The molecule has 0 unspecified atom stereocenters. The number of aliphatic hydroxyl groups excluding tert-OH is 1. The van der Waals surface area contributed by atoms with Crippen molar-refractivity contribution in [3.05, 3.63) is 28.4 Å². The normalized spacial score (nSPS) is 16.6. The Morgan fingerprint density at radius 2 is 2.25 bits per heavy atom. The van der Waals surface area contributed by atoms with Crippen LogP contribution < -0.4 is 0 Å². The maximum atomic E-state index is 9.49. The van der Waals surface area contributed by atoms with Crippen molar-refractivity contribution in [2.75, 3.05) is 0 Å². The quantitative estimate of drug-likeness (QED) is 0.918. The molecule has 0 bridgehead atoms. The molecule has 0 atom stereocenters. The van der Waals surface area contributed by atoms with Gasteiger partial charge in [0.25, 0.3) is 0 Å². The molecule has 3 rings (SSSR count).